The molecular weight excluding hydrogens is 320 g/mol. The van der Waals surface area contributed by atoms with Crippen molar-refractivity contribution in [3.63, 3.8) is 0 Å². The summed E-state index contributed by atoms with van der Waals surface area (Å²) in [6.07, 6.45) is 7.34. The molecule has 0 amide bonds. The predicted molar refractivity (Wildman–Crippen MR) is 90.7 cm³/mol. The highest BCUT2D eigenvalue weighted by atomic mass is 35.5. The topological polar surface area (TPSA) is 60.6 Å². The van der Waals surface area contributed by atoms with Crippen molar-refractivity contribution >= 4 is 24.2 Å². The summed E-state index contributed by atoms with van der Waals surface area (Å²) in [5.74, 6) is 2.67. The molecule has 1 saturated heterocycles. The SMILES string of the molecule is Cl.Cn1c(SCCCn2cccn2)nnc1C1CCCNC1. The highest BCUT2D eigenvalue weighted by molar-refractivity contribution is 7.99. The Morgan fingerprint density at radius 2 is 2.32 bits per heavy atom. The summed E-state index contributed by atoms with van der Waals surface area (Å²) < 4.78 is 4.13. The van der Waals surface area contributed by atoms with Crippen LogP contribution in [0.4, 0.5) is 0 Å². The van der Waals surface area contributed by atoms with Gasteiger partial charge in [-0.2, -0.15) is 5.10 Å². The maximum absolute atomic E-state index is 4.40. The lowest BCUT2D eigenvalue weighted by Crippen LogP contribution is -2.29. The molecule has 0 aromatic carbocycles. The van der Waals surface area contributed by atoms with Gasteiger partial charge in [0.2, 0.25) is 0 Å². The lowest BCUT2D eigenvalue weighted by Gasteiger charge is -2.21. The van der Waals surface area contributed by atoms with E-state index in [1.807, 2.05) is 23.1 Å². The monoisotopic (exact) mass is 342 g/mol. The van der Waals surface area contributed by atoms with Crippen LogP contribution >= 0.6 is 24.2 Å². The third-order valence-corrected chi connectivity index (χ3v) is 4.96. The maximum Gasteiger partial charge on any atom is 0.190 e. The van der Waals surface area contributed by atoms with E-state index in [9.17, 15) is 0 Å². The molecule has 1 aliphatic rings. The fourth-order valence-corrected chi connectivity index (χ4v) is 3.54. The van der Waals surface area contributed by atoms with Gasteiger partial charge in [-0.25, -0.2) is 0 Å². The van der Waals surface area contributed by atoms with E-state index in [2.05, 4.69) is 32.2 Å². The van der Waals surface area contributed by atoms with Gasteiger partial charge in [-0.1, -0.05) is 11.8 Å². The first kappa shape index (κ1) is 17.3. The van der Waals surface area contributed by atoms with Gasteiger partial charge >= 0.3 is 0 Å². The molecule has 1 unspecified atom stereocenters. The molecule has 0 saturated carbocycles. The minimum atomic E-state index is 0. The van der Waals surface area contributed by atoms with E-state index in [1.54, 1.807) is 11.8 Å². The van der Waals surface area contributed by atoms with Crippen molar-refractivity contribution < 1.29 is 0 Å². The minimum Gasteiger partial charge on any atom is -0.316 e. The van der Waals surface area contributed by atoms with Crippen molar-refractivity contribution in [2.45, 2.75) is 36.9 Å². The van der Waals surface area contributed by atoms with Crippen LogP contribution in [0.2, 0.25) is 0 Å². The maximum atomic E-state index is 4.40. The van der Waals surface area contributed by atoms with E-state index < -0.39 is 0 Å². The van der Waals surface area contributed by atoms with Gasteiger partial charge < -0.3 is 9.88 Å². The van der Waals surface area contributed by atoms with Crippen molar-refractivity contribution in [3.8, 4) is 0 Å². The Balaban J connectivity index is 0.00000176. The molecule has 122 valence electrons. The number of rotatable bonds is 6. The minimum absolute atomic E-state index is 0. The van der Waals surface area contributed by atoms with Crippen LogP contribution in [-0.2, 0) is 13.6 Å². The highest BCUT2D eigenvalue weighted by Crippen LogP contribution is 2.25. The molecule has 1 N–H and O–H groups in total. The number of hydrogen-bond acceptors (Lipinski definition) is 5. The highest BCUT2D eigenvalue weighted by Gasteiger charge is 2.21. The van der Waals surface area contributed by atoms with E-state index in [4.69, 9.17) is 0 Å². The number of aryl methyl sites for hydroxylation is 1. The molecule has 0 bridgehead atoms. The molecular formula is C14H23ClN6S. The second kappa shape index (κ2) is 8.55. The number of hydrogen-bond donors (Lipinski definition) is 1. The standard InChI is InChI=1S/C14H22N6S.ClH/c1-19-13(12-5-2-6-15-11-12)17-18-14(19)21-10-4-9-20-8-3-7-16-20;/h3,7-8,12,15H,2,4-6,9-11H2,1H3;1H. The molecule has 3 rings (SSSR count). The Morgan fingerprint density at radius 1 is 1.41 bits per heavy atom. The molecule has 6 nitrogen and oxygen atoms in total. The van der Waals surface area contributed by atoms with Crippen molar-refractivity contribution in [2.24, 2.45) is 7.05 Å². The predicted octanol–water partition coefficient (Wildman–Crippen LogP) is 2.08. The van der Waals surface area contributed by atoms with Crippen LogP contribution in [0.1, 0.15) is 31.0 Å². The average Bonchev–Trinajstić information content (AvgIpc) is 3.15. The second-order valence-corrected chi connectivity index (χ2v) is 6.48. The molecule has 22 heavy (non-hydrogen) atoms. The number of nitrogens with zero attached hydrogens (tertiary/aromatic N) is 5. The third-order valence-electron chi connectivity index (χ3n) is 3.85. The molecule has 2 aromatic heterocycles. The van der Waals surface area contributed by atoms with Crippen LogP contribution in [-0.4, -0.2) is 43.4 Å². The van der Waals surface area contributed by atoms with Crippen LogP contribution in [0.5, 0.6) is 0 Å². The molecule has 0 spiro atoms. The van der Waals surface area contributed by atoms with Gasteiger partial charge in [0, 0.05) is 44.2 Å². The largest absolute Gasteiger partial charge is 0.316 e. The third kappa shape index (κ3) is 4.24. The summed E-state index contributed by atoms with van der Waals surface area (Å²) in [7, 11) is 2.08. The Morgan fingerprint density at radius 3 is 3.05 bits per heavy atom. The Bertz CT molecular complexity index is 550. The Hall–Kier alpha value is -1.05. The van der Waals surface area contributed by atoms with Gasteiger partial charge in [0.05, 0.1) is 0 Å². The lowest BCUT2D eigenvalue weighted by molar-refractivity contribution is 0.436. The van der Waals surface area contributed by atoms with Crippen LogP contribution in [0, 0.1) is 0 Å². The summed E-state index contributed by atoms with van der Waals surface area (Å²) >= 11 is 1.78. The summed E-state index contributed by atoms with van der Waals surface area (Å²) in [5.41, 5.74) is 0. The zero-order valence-corrected chi connectivity index (χ0v) is 14.4. The van der Waals surface area contributed by atoms with Crippen molar-refractivity contribution in [1.82, 2.24) is 29.9 Å². The zero-order valence-electron chi connectivity index (χ0n) is 12.8. The molecule has 1 aliphatic heterocycles. The Labute approximate surface area is 141 Å². The lowest BCUT2D eigenvalue weighted by atomic mass is 9.99. The van der Waals surface area contributed by atoms with E-state index in [0.29, 0.717) is 5.92 Å². The van der Waals surface area contributed by atoms with Crippen LogP contribution < -0.4 is 5.32 Å². The zero-order chi connectivity index (χ0) is 14.5. The summed E-state index contributed by atoms with van der Waals surface area (Å²) in [4.78, 5) is 0. The molecule has 8 heteroatoms. The van der Waals surface area contributed by atoms with Crippen molar-refractivity contribution in [3.05, 3.63) is 24.3 Å². The number of thioether (sulfide) groups is 1. The Kier molecular flexibility index (Phi) is 6.72. The first-order valence-electron chi connectivity index (χ1n) is 7.55. The van der Waals surface area contributed by atoms with Crippen molar-refractivity contribution in [2.75, 3.05) is 18.8 Å². The molecule has 1 atom stereocenters. The summed E-state index contributed by atoms with van der Waals surface area (Å²) in [6, 6.07) is 1.96. The summed E-state index contributed by atoms with van der Waals surface area (Å²) in [5, 5.41) is 17.4. The van der Waals surface area contributed by atoms with Gasteiger partial charge in [0.25, 0.3) is 0 Å². The van der Waals surface area contributed by atoms with E-state index in [0.717, 1.165) is 42.8 Å². The molecule has 1 fully saturated rings. The van der Waals surface area contributed by atoms with Gasteiger partial charge in [-0.05, 0) is 31.9 Å². The van der Waals surface area contributed by atoms with Crippen molar-refractivity contribution in [1.29, 1.82) is 0 Å². The number of halogens is 1. The molecule has 0 aliphatic carbocycles. The molecule has 0 radical (unpaired) electrons. The average molecular weight is 343 g/mol. The van der Waals surface area contributed by atoms with Gasteiger partial charge in [0.1, 0.15) is 5.82 Å². The van der Waals surface area contributed by atoms with Crippen LogP contribution in [0.15, 0.2) is 23.6 Å². The van der Waals surface area contributed by atoms with Gasteiger partial charge in [0.15, 0.2) is 5.16 Å². The first-order valence-corrected chi connectivity index (χ1v) is 8.53. The number of nitrogens with one attached hydrogen (secondary N) is 1. The summed E-state index contributed by atoms with van der Waals surface area (Å²) in [6.45, 7) is 3.11. The second-order valence-electron chi connectivity index (χ2n) is 5.41. The first-order chi connectivity index (χ1) is 10.3. The van der Waals surface area contributed by atoms with Gasteiger partial charge in [-0.3, -0.25) is 4.68 Å². The molecule has 3 heterocycles. The van der Waals surface area contributed by atoms with Crippen LogP contribution in [0.3, 0.4) is 0 Å². The number of piperidine rings is 1. The fourth-order valence-electron chi connectivity index (χ4n) is 2.70. The van der Waals surface area contributed by atoms with E-state index in [-0.39, 0.29) is 12.4 Å². The normalized spacial score (nSPS) is 18.1. The number of aromatic nitrogens is 5. The smallest absolute Gasteiger partial charge is 0.190 e. The molecule has 2 aromatic rings. The fraction of sp³-hybridized carbons (Fsp3) is 0.643. The van der Waals surface area contributed by atoms with Crippen LogP contribution in [0.25, 0.3) is 0 Å². The van der Waals surface area contributed by atoms with Gasteiger partial charge in [-0.15, -0.1) is 22.6 Å². The van der Waals surface area contributed by atoms with E-state index in [1.165, 1.54) is 12.8 Å². The quantitative estimate of drug-likeness (QED) is 0.643. The van der Waals surface area contributed by atoms with E-state index >= 15 is 0 Å².